The molecule has 0 spiro atoms. The lowest BCUT2D eigenvalue weighted by Crippen LogP contribution is -2.31. The molecule has 3 aromatic heterocycles. The number of aryl methyl sites for hydroxylation is 1. The second-order valence-electron chi connectivity index (χ2n) is 8.39. The van der Waals surface area contributed by atoms with E-state index in [1.165, 1.54) is 11.3 Å². The molecule has 3 aromatic rings. The molecule has 1 fully saturated rings. The summed E-state index contributed by atoms with van der Waals surface area (Å²) in [4.78, 5) is 35.1. The van der Waals surface area contributed by atoms with Gasteiger partial charge in [0.2, 0.25) is 5.95 Å². The molecule has 8 heteroatoms. The topological polar surface area (TPSA) is 83.9 Å². The van der Waals surface area contributed by atoms with E-state index in [0.717, 1.165) is 50.9 Å². The summed E-state index contributed by atoms with van der Waals surface area (Å²) >= 11 is 1.58. The molecule has 1 amide bonds. The first-order valence-electron chi connectivity index (χ1n) is 11.0. The summed E-state index contributed by atoms with van der Waals surface area (Å²) in [6.07, 6.45) is 10.0. The van der Waals surface area contributed by atoms with Gasteiger partial charge in [0.15, 0.2) is 5.13 Å². The number of amides is 1. The van der Waals surface area contributed by atoms with Crippen LogP contribution in [0.5, 0.6) is 0 Å². The van der Waals surface area contributed by atoms with Crippen molar-refractivity contribution in [2.75, 3.05) is 23.3 Å². The van der Waals surface area contributed by atoms with Gasteiger partial charge in [-0.3, -0.25) is 15.1 Å². The highest BCUT2D eigenvalue weighted by Gasteiger charge is 2.24. The van der Waals surface area contributed by atoms with Crippen LogP contribution in [0.4, 0.5) is 11.1 Å². The third-order valence-corrected chi connectivity index (χ3v) is 7.01. The zero-order valence-electron chi connectivity index (χ0n) is 17.7. The van der Waals surface area contributed by atoms with Gasteiger partial charge in [-0.25, -0.2) is 15.0 Å². The predicted octanol–water partition coefficient (Wildman–Crippen LogP) is 4.36. The summed E-state index contributed by atoms with van der Waals surface area (Å²) in [5.41, 5.74) is 2.77. The van der Waals surface area contributed by atoms with E-state index >= 15 is 0 Å². The van der Waals surface area contributed by atoms with Crippen LogP contribution in [0.1, 0.15) is 53.5 Å². The average Bonchev–Trinajstić information content (AvgIpc) is 3.21. The molecule has 0 aromatic carbocycles. The molecule has 31 heavy (non-hydrogen) atoms. The number of rotatable bonds is 4. The van der Waals surface area contributed by atoms with E-state index in [2.05, 4.69) is 32.1 Å². The SMILES string of the molecule is CC1CCc2nc(NC(=O)c3cnc(N4CCCCC4)nc3-c3ccccn3)sc2C1. The minimum absolute atomic E-state index is 0.245. The quantitative estimate of drug-likeness (QED) is 0.657. The van der Waals surface area contributed by atoms with E-state index in [4.69, 9.17) is 4.98 Å². The fourth-order valence-electron chi connectivity index (χ4n) is 4.24. The van der Waals surface area contributed by atoms with Crippen molar-refractivity contribution in [3.8, 4) is 11.4 Å². The molecule has 4 heterocycles. The zero-order valence-corrected chi connectivity index (χ0v) is 18.5. The largest absolute Gasteiger partial charge is 0.341 e. The minimum Gasteiger partial charge on any atom is -0.341 e. The molecule has 2 aliphatic rings. The van der Waals surface area contributed by atoms with Crippen LogP contribution in [-0.4, -0.2) is 38.9 Å². The number of piperidine rings is 1. The molecular formula is C23H26N6OS. The van der Waals surface area contributed by atoms with Crippen LogP contribution in [0.25, 0.3) is 11.4 Å². The van der Waals surface area contributed by atoms with E-state index in [1.54, 1.807) is 23.7 Å². The molecule has 1 aliphatic carbocycles. The van der Waals surface area contributed by atoms with Crippen LogP contribution in [0.3, 0.4) is 0 Å². The van der Waals surface area contributed by atoms with Gasteiger partial charge in [0, 0.05) is 30.4 Å². The van der Waals surface area contributed by atoms with Crippen LogP contribution in [0.2, 0.25) is 0 Å². The Hall–Kier alpha value is -2.87. The van der Waals surface area contributed by atoms with Crippen molar-refractivity contribution in [1.29, 1.82) is 0 Å². The Labute approximate surface area is 186 Å². The Balaban J connectivity index is 1.45. The third-order valence-electron chi connectivity index (χ3n) is 5.97. The lowest BCUT2D eigenvalue weighted by Gasteiger charge is -2.27. The van der Waals surface area contributed by atoms with Crippen LogP contribution >= 0.6 is 11.3 Å². The molecule has 7 nitrogen and oxygen atoms in total. The molecule has 0 radical (unpaired) electrons. The standard InChI is InChI=1S/C23H26N6OS/c1-15-8-9-17-19(13-15)31-23(26-17)28-21(30)16-14-25-22(29-11-5-2-6-12-29)27-20(16)18-7-3-4-10-24-18/h3-4,7,10,14-15H,2,5-6,8-9,11-13H2,1H3,(H,26,28,30). The Kier molecular flexibility index (Phi) is 5.63. The number of hydrogen-bond donors (Lipinski definition) is 1. The maximum absolute atomic E-state index is 13.2. The molecule has 1 unspecified atom stereocenters. The Morgan fingerprint density at radius 1 is 1.16 bits per heavy atom. The first-order chi connectivity index (χ1) is 15.2. The van der Waals surface area contributed by atoms with Gasteiger partial charge in [-0.1, -0.05) is 13.0 Å². The molecule has 0 bridgehead atoms. The van der Waals surface area contributed by atoms with Crippen molar-refractivity contribution in [3.05, 3.63) is 46.7 Å². The Bertz CT molecular complexity index is 1080. The van der Waals surface area contributed by atoms with Gasteiger partial charge in [-0.05, 0) is 56.6 Å². The Morgan fingerprint density at radius 3 is 2.84 bits per heavy atom. The number of fused-ring (bicyclic) bond motifs is 1. The fraction of sp³-hybridized carbons (Fsp3) is 0.435. The van der Waals surface area contributed by atoms with Crippen LogP contribution in [-0.2, 0) is 12.8 Å². The number of thiazole rings is 1. The normalized spacial score (nSPS) is 18.5. The number of carbonyl (C=O) groups is 1. The third kappa shape index (κ3) is 4.30. The first kappa shape index (κ1) is 20.1. The monoisotopic (exact) mass is 434 g/mol. The van der Waals surface area contributed by atoms with Gasteiger partial charge in [0.05, 0.1) is 17.0 Å². The number of carbonyl (C=O) groups excluding carboxylic acids is 1. The highest BCUT2D eigenvalue weighted by Crippen LogP contribution is 2.32. The molecule has 1 saturated heterocycles. The van der Waals surface area contributed by atoms with Gasteiger partial charge in [0.1, 0.15) is 5.69 Å². The van der Waals surface area contributed by atoms with E-state index in [9.17, 15) is 4.79 Å². The van der Waals surface area contributed by atoms with Crippen LogP contribution in [0.15, 0.2) is 30.6 Å². The first-order valence-corrected chi connectivity index (χ1v) is 11.8. The maximum Gasteiger partial charge on any atom is 0.261 e. The minimum atomic E-state index is -0.245. The second kappa shape index (κ2) is 8.70. The molecule has 160 valence electrons. The molecular weight excluding hydrogens is 408 g/mol. The lowest BCUT2D eigenvalue weighted by atomic mass is 9.93. The fourth-order valence-corrected chi connectivity index (χ4v) is 5.41. The van der Waals surface area contributed by atoms with Crippen molar-refractivity contribution in [1.82, 2.24) is 19.9 Å². The lowest BCUT2D eigenvalue weighted by molar-refractivity contribution is 0.102. The Morgan fingerprint density at radius 2 is 2.03 bits per heavy atom. The van der Waals surface area contributed by atoms with E-state index < -0.39 is 0 Å². The van der Waals surface area contributed by atoms with Crippen molar-refractivity contribution in [2.45, 2.75) is 45.4 Å². The summed E-state index contributed by atoms with van der Waals surface area (Å²) in [5.74, 6) is 1.09. The van der Waals surface area contributed by atoms with Crippen molar-refractivity contribution in [2.24, 2.45) is 5.92 Å². The second-order valence-corrected chi connectivity index (χ2v) is 9.47. The maximum atomic E-state index is 13.2. The van der Waals surface area contributed by atoms with Crippen LogP contribution < -0.4 is 10.2 Å². The number of aromatic nitrogens is 4. The van der Waals surface area contributed by atoms with Gasteiger partial charge >= 0.3 is 0 Å². The van der Waals surface area contributed by atoms with E-state index in [-0.39, 0.29) is 5.91 Å². The molecule has 1 N–H and O–H groups in total. The molecule has 0 saturated carbocycles. The van der Waals surface area contributed by atoms with Gasteiger partial charge in [-0.2, -0.15) is 0 Å². The van der Waals surface area contributed by atoms with Crippen molar-refractivity contribution in [3.63, 3.8) is 0 Å². The number of nitrogens with one attached hydrogen (secondary N) is 1. The molecule has 1 atom stereocenters. The van der Waals surface area contributed by atoms with Crippen molar-refractivity contribution < 1.29 is 4.79 Å². The highest BCUT2D eigenvalue weighted by atomic mass is 32.1. The van der Waals surface area contributed by atoms with E-state index in [1.807, 2.05) is 18.2 Å². The average molecular weight is 435 g/mol. The number of pyridine rings is 1. The number of nitrogens with zero attached hydrogens (tertiary/aromatic N) is 5. The van der Waals surface area contributed by atoms with Crippen LogP contribution in [0, 0.1) is 5.92 Å². The predicted molar refractivity (Wildman–Crippen MR) is 123 cm³/mol. The number of hydrogen-bond acceptors (Lipinski definition) is 7. The van der Waals surface area contributed by atoms with Gasteiger partial charge in [0.25, 0.3) is 5.91 Å². The smallest absolute Gasteiger partial charge is 0.261 e. The number of anilines is 2. The van der Waals surface area contributed by atoms with Gasteiger partial charge < -0.3 is 4.90 Å². The van der Waals surface area contributed by atoms with E-state index in [0.29, 0.717) is 33.9 Å². The highest BCUT2D eigenvalue weighted by molar-refractivity contribution is 7.15. The summed E-state index contributed by atoms with van der Waals surface area (Å²) in [7, 11) is 0. The molecule has 5 rings (SSSR count). The molecule has 1 aliphatic heterocycles. The van der Waals surface area contributed by atoms with Crippen molar-refractivity contribution >= 4 is 28.3 Å². The summed E-state index contributed by atoms with van der Waals surface area (Å²) in [6.45, 7) is 4.15. The summed E-state index contributed by atoms with van der Waals surface area (Å²) in [6, 6.07) is 5.64. The van der Waals surface area contributed by atoms with Gasteiger partial charge in [-0.15, -0.1) is 11.3 Å². The zero-order chi connectivity index (χ0) is 21.2. The summed E-state index contributed by atoms with van der Waals surface area (Å²) < 4.78 is 0. The summed E-state index contributed by atoms with van der Waals surface area (Å²) in [5, 5.41) is 3.64.